The molecular formula is C14H16FN3O. The van der Waals surface area contributed by atoms with E-state index >= 15 is 0 Å². The lowest BCUT2D eigenvalue weighted by atomic mass is 10.2. The summed E-state index contributed by atoms with van der Waals surface area (Å²) in [5, 5.41) is 5.64. The molecule has 1 amide bonds. The number of carbonyl (C=O) groups is 1. The van der Waals surface area contributed by atoms with Gasteiger partial charge in [0.2, 0.25) is 5.91 Å². The van der Waals surface area contributed by atoms with E-state index in [1.807, 2.05) is 30.1 Å². The van der Waals surface area contributed by atoms with Crippen LogP contribution in [0.3, 0.4) is 0 Å². The zero-order valence-corrected chi connectivity index (χ0v) is 10.9. The Morgan fingerprint density at radius 3 is 2.79 bits per heavy atom. The Labute approximate surface area is 111 Å². The summed E-state index contributed by atoms with van der Waals surface area (Å²) >= 11 is 0. The summed E-state index contributed by atoms with van der Waals surface area (Å²) in [4.78, 5) is 11.0. The molecule has 2 N–H and O–H groups in total. The van der Waals surface area contributed by atoms with Gasteiger partial charge >= 0.3 is 0 Å². The smallest absolute Gasteiger partial charge is 0.221 e. The predicted octanol–water partition coefficient (Wildman–Crippen LogP) is 2.73. The fraction of sp³-hybridized carbons (Fsp3) is 0.214. The van der Waals surface area contributed by atoms with Crippen LogP contribution in [0.5, 0.6) is 0 Å². The van der Waals surface area contributed by atoms with Crippen LogP contribution < -0.4 is 10.6 Å². The Kier molecular flexibility index (Phi) is 3.85. The van der Waals surface area contributed by atoms with Crippen LogP contribution in [0.4, 0.5) is 15.8 Å². The molecule has 0 radical (unpaired) electrons. The third-order valence-corrected chi connectivity index (χ3v) is 2.66. The van der Waals surface area contributed by atoms with Crippen molar-refractivity contribution in [2.45, 2.75) is 13.5 Å². The largest absolute Gasteiger partial charge is 0.378 e. The van der Waals surface area contributed by atoms with E-state index in [2.05, 4.69) is 10.6 Å². The van der Waals surface area contributed by atoms with E-state index < -0.39 is 0 Å². The maximum Gasteiger partial charge on any atom is 0.221 e. The van der Waals surface area contributed by atoms with Crippen LogP contribution in [0, 0.1) is 5.82 Å². The Balaban J connectivity index is 2.08. The minimum atomic E-state index is -0.343. The zero-order valence-electron chi connectivity index (χ0n) is 10.9. The molecule has 0 atom stereocenters. The fourth-order valence-electron chi connectivity index (χ4n) is 1.80. The molecule has 0 saturated carbocycles. The van der Waals surface area contributed by atoms with Gasteiger partial charge < -0.3 is 15.2 Å². The summed E-state index contributed by atoms with van der Waals surface area (Å²) < 4.78 is 15.6. The summed E-state index contributed by atoms with van der Waals surface area (Å²) in [7, 11) is 1.93. The molecule has 0 spiro atoms. The third-order valence-electron chi connectivity index (χ3n) is 2.66. The highest BCUT2D eigenvalue weighted by atomic mass is 19.1. The molecule has 0 saturated heterocycles. The Morgan fingerprint density at radius 1 is 1.37 bits per heavy atom. The standard InChI is InChI=1S/C14H16FN3O/c1-10(19)17-12-3-4-13(15)14(7-12)16-8-11-5-6-18(2)9-11/h3-7,9,16H,8H2,1-2H3,(H,17,19). The maximum absolute atomic E-state index is 13.6. The van der Waals surface area contributed by atoms with Crippen molar-refractivity contribution in [1.29, 1.82) is 0 Å². The molecule has 0 unspecified atom stereocenters. The van der Waals surface area contributed by atoms with E-state index in [0.29, 0.717) is 17.9 Å². The molecule has 19 heavy (non-hydrogen) atoms. The van der Waals surface area contributed by atoms with Crippen LogP contribution in [0.1, 0.15) is 12.5 Å². The second-order valence-corrected chi connectivity index (χ2v) is 4.41. The Morgan fingerprint density at radius 2 is 2.16 bits per heavy atom. The molecule has 0 aliphatic rings. The summed E-state index contributed by atoms with van der Waals surface area (Å²) in [5.74, 6) is -0.523. The number of benzene rings is 1. The van der Waals surface area contributed by atoms with Crippen LogP contribution in [-0.4, -0.2) is 10.5 Å². The van der Waals surface area contributed by atoms with E-state index in [1.54, 1.807) is 6.07 Å². The molecule has 100 valence electrons. The first-order valence-corrected chi connectivity index (χ1v) is 5.96. The van der Waals surface area contributed by atoms with Gasteiger partial charge in [0, 0.05) is 38.6 Å². The molecule has 0 aliphatic heterocycles. The van der Waals surface area contributed by atoms with Gasteiger partial charge in [0.15, 0.2) is 0 Å². The third kappa shape index (κ3) is 3.58. The van der Waals surface area contributed by atoms with Crippen molar-refractivity contribution >= 4 is 17.3 Å². The molecule has 0 fully saturated rings. The Bertz CT molecular complexity index is 592. The highest BCUT2D eigenvalue weighted by Gasteiger charge is 2.05. The van der Waals surface area contributed by atoms with Crippen molar-refractivity contribution < 1.29 is 9.18 Å². The topological polar surface area (TPSA) is 46.1 Å². The fourth-order valence-corrected chi connectivity index (χ4v) is 1.80. The van der Waals surface area contributed by atoms with Gasteiger partial charge in [-0.3, -0.25) is 4.79 Å². The van der Waals surface area contributed by atoms with Crippen molar-refractivity contribution in [2.75, 3.05) is 10.6 Å². The first kappa shape index (κ1) is 13.1. The first-order chi connectivity index (χ1) is 9.04. The first-order valence-electron chi connectivity index (χ1n) is 5.96. The highest BCUT2D eigenvalue weighted by Crippen LogP contribution is 2.20. The van der Waals surface area contributed by atoms with E-state index in [1.165, 1.54) is 19.1 Å². The lowest BCUT2D eigenvalue weighted by molar-refractivity contribution is -0.114. The predicted molar refractivity (Wildman–Crippen MR) is 73.4 cm³/mol. The minimum absolute atomic E-state index is 0.180. The van der Waals surface area contributed by atoms with Crippen molar-refractivity contribution in [1.82, 2.24) is 4.57 Å². The number of carbonyl (C=O) groups excluding carboxylic acids is 1. The van der Waals surface area contributed by atoms with Crippen molar-refractivity contribution in [3.8, 4) is 0 Å². The number of nitrogens with one attached hydrogen (secondary N) is 2. The lowest BCUT2D eigenvalue weighted by Crippen LogP contribution is -2.07. The highest BCUT2D eigenvalue weighted by molar-refractivity contribution is 5.89. The van der Waals surface area contributed by atoms with Gasteiger partial charge in [-0.2, -0.15) is 0 Å². The van der Waals surface area contributed by atoms with Gasteiger partial charge in [-0.25, -0.2) is 4.39 Å². The van der Waals surface area contributed by atoms with Gasteiger partial charge in [-0.05, 0) is 29.8 Å². The van der Waals surface area contributed by atoms with Crippen molar-refractivity contribution in [2.24, 2.45) is 7.05 Å². The molecule has 0 aliphatic carbocycles. The van der Waals surface area contributed by atoms with Crippen molar-refractivity contribution in [3.05, 3.63) is 48.0 Å². The number of nitrogens with zero attached hydrogens (tertiary/aromatic N) is 1. The molecule has 1 heterocycles. The normalized spacial score (nSPS) is 10.3. The van der Waals surface area contributed by atoms with Crippen LogP contribution in [0.25, 0.3) is 0 Å². The van der Waals surface area contributed by atoms with Crippen molar-refractivity contribution in [3.63, 3.8) is 0 Å². The number of rotatable bonds is 4. The average Bonchev–Trinajstić information content (AvgIpc) is 2.75. The van der Waals surface area contributed by atoms with Gasteiger partial charge in [0.25, 0.3) is 0 Å². The SMILES string of the molecule is CC(=O)Nc1ccc(F)c(NCc2ccn(C)c2)c1. The molecule has 2 aromatic rings. The van der Waals surface area contributed by atoms with E-state index in [9.17, 15) is 9.18 Å². The summed E-state index contributed by atoms with van der Waals surface area (Å²) in [6, 6.07) is 6.41. The summed E-state index contributed by atoms with van der Waals surface area (Å²) in [5.41, 5.74) is 2.01. The van der Waals surface area contributed by atoms with Gasteiger partial charge in [-0.1, -0.05) is 0 Å². The average molecular weight is 261 g/mol. The van der Waals surface area contributed by atoms with Crippen LogP contribution in [-0.2, 0) is 18.4 Å². The van der Waals surface area contributed by atoms with Crippen LogP contribution in [0.2, 0.25) is 0 Å². The van der Waals surface area contributed by atoms with E-state index in [0.717, 1.165) is 5.56 Å². The second kappa shape index (κ2) is 5.56. The minimum Gasteiger partial charge on any atom is -0.378 e. The van der Waals surface area contributed by atoms with Gasteiger partial charge in [0.1, 0.15) is 5.82 Å². The molecular weight excluding hydrogens is 245 g/mol. The second-order valence-electron chi connectivity index (χ2n) is 4.41. The molecule has 1 aromatic heterocycles. The van der Waals surface area contributed by atoms with Crippen LogP contribution >= 0.6 is 0 Å². The van der Waals surface area contributed by atoms with E-state index in [4.69, 9.17) is 0 Å². The molecule has 2 rings (SSSR count). The molecule has 0 bridgehead atoms. The Hall–Kier alpha value is -2.30. The van der Waals surface area contributed by atoms with E-state index in [-0.39, 0.29) is 11.7 Å². The quantitative estimate of drug-likeness (QED) is 0.889. The molecule has 1 aromatic carbocycles. The van der Waals surface area contributed by atoms with Crippen LogP contribution in [0.15, 0.2) is 36.7 Å². The number of amides is 1. The molecule has 4 nitrogen and oxygen atoms in total. The zero-order chi connectivity index (χ0) is 13.8. The monoisotopic (exact) mass is 261 g/mol. The summed E-state index contributed by atoms with van der Waals surface area (Å²) in [6.45, 7) is 1.95. The number of hydrogen-bond donors (Lipinski definition) is 2. The number of hydrogen-bond acceptors (Lipinski definition) is 2. The maximum atomic E-state index is 13.6. The number of halogens is 1. The number of aromatic nitrogens is 1. The number of anilines is 2. The van der Waals surface area contributed by atoms with Gasteiger partial charge in [-0.15, -0.1) is 0 Å². The summed E-state index contributed by atoms with van der Waals surface area (Å²) in [6.07, 6.45) is 3.89. The lowest BCUT2D eigenvalue weighted by Gasteiger charge is -2.09. The molecule has 5 heteroatoms. The van der Waals surface area contributed by atoms with Gasteiger partial charge in [0.05, 0.1) is 5.69 Å². The number of aryl methyl sites for hydroxylation is 1.